The van der Waals surface area contributed by atoms with Gasteiger partial charge in [0.25, 0.3) is 5.56 Å². The van der Waals surface area contributed by atoms with Crippen LogP contribution in [0, 0.1) is 0 Å². The number of nitrogens with zero attached hydrogens (tertiary/aromatic N) is 2. The fourth-order valence-electron chi connectivity index (χ4n) is 0.875. The highest BCUT2D eigenvalue weighted by molar-refractivity contribution is 6.31. The zero-order valence-electron chi connectivity index (χ0n) is 8.28. The molecule has 6 nitrogen and oxygen atoms in total. The van der Waals surface area contributed by atoms with Crippen LogP contribution >= 0.6 is 11.6 Å². The van der Waals surface area contributed by atoms with E-state index in [1.165, 1.54) is 20.2 Å². The number of hydrogen-bond donors (Lipinski definition) is 1. The van der Waals surface area contributed by atoms with Crippen molar-refractivity contribution in [3.63, 3.8) is 0 Å². The van der Waals surface area contributed by atoms with E-state index in [9.17, 15) is 9.59 Å². The maximum Gasteiger partial charge on any atom is 0.325 e. The lowest BCUT2D eigenvalue weighted by Crippen LogP contribution is -2.22. The Morgan fingerprint density at radius 3 is 3.00 bits per heavy atom. The van der Waals surface area contributed by atoms with E-state index in [1.54, 1.807) is 0 Å². The van der Waals surface area contributed by atoms with Gasteiger partial charge in [-0.05, 0) is 0 Å². The third kappa shape index (κ3) is 2.95. The van der Waals surface area contributed by atoms with E-state index in [0.29, 0.717) is 5.69 Å². The van der Waals surface area contributed by atoms with Gasteiger partial charge in [-0.15, -0.1) is 0 Å². The van der Waals surface area contributed by atoms with Crippen molar-refractivity contribution in [1.82, 2.24) is 9.78 Å². The van der Waals surface area contributed by atoms with Gasteiger partial charge >= 0.3 is 5.97 Å². The van der Waals surface area contributed by atoms with E-state index in [4.69, 9.17) is 11.6 Å². The van der Waals surface area contributed by atoms with Crippen molar-refractivity contribution in [1.29, 1.82) is 0 Å². The Kier molecular flexibility index (Phi) is 3.68. The van der Waals surface area contributed by atoms with E-state index < -0.39 is 5.97 Å². The van der Waals surface area contributed by atoms with Crippen molar-refractivity contribution in [3.05, 3.63) is 21.6 Å². The van der Waals surface area contributed by atoms with E-state index in [0.717, 1.165) is 4.68 Å². The number of hydrogen-bond acceptors (Lipinski definition) is 5. The summed E-state index contributed by atoms with van der Waals surface area (Å²) in [5.74, 6) is -0.452. The number of aryl methyl sites for hydroxylation is 1. The molecule has 1 rings (SSSR count). The molecule has 0 aliphatic carbocycles. The standard InChI is InChI=1S/C8H10ClN3O3/c1-12-6(13)3-5(8(9)11-12)10-4-7(14)15-2/h3,10H,4H2,1-2H3. The smallest absolute Gasteiger partial charge is 0.325 e. The summed E-state index contributed by atoms with van der Waals surface area (Å²) in [6.07, 6.45) is 0. The van der Waals surface area contributed by atoms with Crippen LogP contribution in [0.4, 0.5) is 5.69 Å². The first-order chi connectivity index (χ1) is 7.04. The lowest BCUT2D eigenvalue weighted by atomic mass is 10.4. The largest absolute Gasteiger partial charge is 0.468 e. The third-order valence-electron chi connectivity index (χ3n) is 1.70. The molecule has 1 N–H and O–H groups in total. The van der Waals surface area contributed by atoms with E-state index in [2.05, 4.69) is 15.2 Å². The molecule has 82 valence electrons. The quantitative estimate of drug-likeness (QED) is 0.743. The molecule has 7 heteroatoms. The number of aromatic nitrogens is 2. The van der Waals surface area contributed by atoms with Gasteiger partial charge in [0, 0.05) is 13.1 Å². The third-order valence-corrected chi connectivity index (χ3v) is 1.98. The second kappa shape index (κ2) is 4.79. The number of esters is 1. The second-order valence-electron chi connectivity index (χ2n) is 2.74. The summed E-state index contributed by atoms with van der Waals surface area (Å²) in [5.41, 5.74) is -0.00284. The monoisotopic (exact) mass is 231 g/mol. The molecule has 0 radical (unpaired) electrons. The van der Waals surface area contributed by atoms with Gasteiger partial charge in [-0.25, -0.2) is 4.68 Å². The Morgan fingerprint density at radius 1 is 1.73 bits per heavy atom. The minimum absolute atomic E-state index is 0.0644. The Morgan fingerprint density at radius 2 is 2.40 bits per heavy atom. The molecule has 0 aliphatic rings. The number of rotatable bonds is 3. The molecule has 0 aliphatic heterocycles. The maximum absolute atomic E-state index is 11.2. The van der Waals surface area contributed by atoms with Crippen molar-refractivity contribution in [2.24, 2.45) is 7.05 Å². The maximum atomic E-state index is 11.2. The average molecular weight is 232 g/mol. The zero-order chi connectivity index (χ0) is 11.4. The molecule has 1 heterocycles. The Labute approximate surface area is 90.8 Å². The lowest BCUT2D eigenvalue weighted by Gasteiger charge is -2.06. The Bertz CT molecular complexity index is 430. The molecule has 0 saturated heterocycles. The van der Waals surface area contributed by atoms with Crippen LogP contribution in [-0.2, 0) is 16.6 Å². The predicted molar refractivity (Wildman–Crippen MR) is 55.0 cm³/mol. The van der Waals surface area contributed by atoms with E-state index in [-0.39, 0.29) is 17.3 Å². The molecule has 0 amide bonds. The minimum Gasteiger partial charge on any atom is -0.468 e. The Hall–Kier alpha value is -1.56. The first-order valence-electron chi connectivity index (χ1n) is 4.09. The van der Waals surface area contributed by atoms with Crippen LogP contribution in [0.1, 0.15) is 0 Å². The van der Waals surface area contributed by atoms with Crippen LogP contribution in [0.3, 0.4) is 0 Å². The van der Waals surface area contributed by atoms with Gasteiger partial charge in [0.2, 0.25) is 0 Å². The minimum atomic E-state index is -0.452. The number of anilines is 1. The van der Waals surface area contributed by atoms with Crippen LogP contribution in [0.5, 0.6) is 0 Å². The van der Waals surface area contributed by atoms with Gasteiger partial charge in [0.05, 0.1) is 12.8 Å². The van der Waals surface area contributed by atoms with Gasteiger partial charge in [-0.3, -0.25) is 9.59 Å². The molecule has 15 heavy (non-hydrogen) atoms. The molecular formula is C8H10ClN3O3. The Balaban J connectivity index is 2.82. The molecule has 0 saturated carbocycles. The van der Waals surface area contributed by atoms with Crippen molar-refractivity contribution in [2.75, 3.05) is 19.0 Å². The first kappa shape index (κ1) is 11.5. The highest BCUT2D eigenvalue weighted by Crippen LogP contribution is 2.14. The normalized spacial score (nSPS) is 9.80. The average Bonchev–Trinajstić information content (AvgIpc) is 2.21. The number of carbonyl (C=O) groups is 1. The molecule has 1 aromatic rings. The van der Waals surface area contributed by atoms with Crippen LogP contribution in [0.2, 0.25) is 5.15 Å². The summed E-state index contributed by atoms with van der Waals surface area (Å²) in [6.45, 7) is -0.0644. The van der Waals surface area contributed by atoms with Crippen molar-refractivity contribution < 1.29 is 9.53 Å². The van der Waals surface area contributed by atoms with Crippen LogP contribution in [0.25, 0.3) is 0 Å². The van der Waals surface area contributed by atoms with E-state index in [1.807, 2.05) is 0 Å². The topological polar surface area (TPSA) is 73.2 Å². The number of carbonyl (C=O) groups excluding carboxylic acids is 1. The lowest BCUT2D eigenvalue weighted by molar-refractivity contribution is -0.138. The van der Waals surface area contributed by atoms with Crippen LogP contribution in [-0.4, -0.2) is 29.4 Å². The summed E-state index contributed by atoms with van der Waals surface area (Å²) in [4.78, 5) is 22.0. The summed E-state index contributed by atoms with van der Waals surface area (Å²) in [7, 11) is 2.76. The highest BCUT2D eigenvalue weighted by Gasteiger charge is 2.06. The van der Waals surface area contributed by atoms with Gasteiger partial charge in [-0.2, -0.15) is 5.10 Å². The number of halogens is 1. The molecule has 0 fully saturated rings. The zero-order valence-corrected chi connectivity index (χ0v) is 9.04. The first-order valence-corrected chi connectivity index (χ1v) is 4.47. The van der Waals surface area contributed by atoms with Crippen molar-refractivity contribution in [2.45, 2.75) is 0 Å². The number of nitrogens with one attached hydrogen (secondary N) is 1. The molecule has 0 atom stereocenters. The summed E-state index contributed by atoms with van der Waals surface area (Å²) in [5, 5.41) is 6.51. The van der Waals surface area contributed by atoms with Gasteiger partial charge in [0.15, 0.2) is 5.15 Å². The molecule has 0 bridgehead atoms. The molecular weight excluding hydrogens is 222 g/mol. The number of ether oxygens (including phenoxy) is 1. The number of methoxy groups -OCH3 is 1. The second-order valence-corrected chi connectivity index (χ2v) is 3.10. The summed E-state index contributed by atoms with van der Waals surface area (Å²) in [6, 6.07) is 1.26. The van der Waals surface area contributed by atoms with E-state index >= 15 is 0 Å². The molecule has 1 aromatic heterocycles. The van der Waals surface area contributed by atoms with Crippen molar-refractivity contribution in [3.8, 4) is 0 Å². The summed E-state index contributed by atoms with van der Waals surface area (Å²) < 4.78 is 5.52. The fourth-order valence-corrected chi connectivity index (χ4v) is 1.11. The molecule has 0 unspecified atom stereocenters. The fraction of sp³-hybridized carbons (Fsp3) is 0.375. The summed E-state index contributed by atoms with van der Waals surface area (Å²) >= 11 is 5.74. The predicted octanol–water partition coefficient (Wildman–Crippen LogP) is 0.0186. The highest BCUT2D eigenvalue weighted by atomic mass is 35.5. The van der Waals surface area contributed by atoms with Gasteiger partial charge < -0.3 is 10.1 Å². The molecule has 0 spiro atoms. The van der Waals surface area contributed by atoms with Crippen molar-refractivity contribution >= 4 is 23.3 Å². The van der Waals surface area contributed by atoms with Gasteiger partial charge in [-0.1, -0.05) is 11.6 Å². The SMILES string of the molecule is COC(=O)CNc1cc(=O)n(C)nc1Cl. The van der Waals surface area contributed by atoms with Crippen LogP contribution in [0.15, 0.2) is 10.9 Å². The van der Waals surface area contributed by atoms with Gasteiger partial charge in [0.1, 0.15) is 6.54 Å². The molecule has 0 aromatic carbocycles. The van der Waals surface area contributed by atoms with Crippen LogP contribution < -0.4 is 10.9 Å².